The van der Waals surface area contributed by atoms with Crippen molar-refractivity contribution in [3.05, 3.63) is 24.3 Å². The Morgan fingerprint density at radius 2 is 2.09 bits per heavy atom. The van der Waals surface area contributed by atoms with Crippen LogP contribution in [0.3, 0.4) is 0 Å². The van der Waals surface area contributed by atoms with Crippen molar-refractivity contribution in [1.82, 2.24) is 0 Å². The molecule has 0 aliphatic heterocycles. The summed E-state index contributed by atoms with van der Waals surface area (Å²) in [4.78, 5) is 0. The van der Waals surface area contributed by atoms with Crippen molar-refractivity contribution in [3.8, 4) is 0 Å². The van der Waals surface area contributed by atoms with E-state index >= 15 is 0 Å². The number of aliphatic hydroxyl groups is 2. The predicted octanol–water partition coefficient (Wildman–Crippen LogP) is 4.47. The van der Waals surface area contributed by atoms with Crippen molar-refractivity contribution in [1.29, 1.82) is 0 Å². The van der Waals surface area contributed by atoms with Crippen LogP contribution in [0, 0.1) is 22.7 Å². The monoisotopic (exact) mass is 306 g/mol. The minimum atomic E-state index is -0.797. The molecule has 2 aliphatic carbocycles. The zero-order valence-electron chi connectivity index (χ0n) is 15.0. The maximum absolute atomic E-state index is 10.3. The SMILES string of the molecule is C=CC(C)(O)CCC1(C)C(C)CCC2(C)C(C)=CC(O)CC21. The molecule has 6 atom stereocenters. The lowest BCUT2D eigenvalue weighted by atomic mass is 9.46. The maximum atomic E-state index is 10.3. The Balaban J connectivity index is 2.32. The first kappa shape index (κ1) is 17.7. The topological polar surface area (TPSA) is 40.5 Å². The van der Waals surface area contributed by atoms with Crippen molar-refractivity contribution in [2.45, 2.75) is 78.4 Å². The summed E-state index contributed by atoms with van der Waals surface area (Å²) in [6.45, 7) is 14.9. The van der Waals surface area contributed by atoms with Crippen LogP contribution in [0.2, 0.25) is 0 Å². The van der Waals surface area contributed by atoms with Gasteiger partial charge in [-0.1, -0.05) is 38.5 Å². The van der Waals surface area contributed by atoms with E-state index in [0.717, 1.165) is 19.3 Å². The van der Waals surface area contributed by atoms with Crippen molar-refractivity contribution < 1.29 is 10.2 Å². The molecular weight excluding hydrogens is 272 g/mol. The normalized spacial score (nSPS) is 44.7. The highest BCUT2D eigenvalue weighted by molar-refractivity contribution is 5.23. The minimum Gasteiger partial charge on any atom is -0.389 e. The molecule has 2 nitrogen and oxygen atoms in total. The molecule has 2 N–H and O–H groups in total. The van der Waals surface area contributed by atoms with Gasteiger partial charge in [-0.25, -0.2) is 0 Å². The largest absolute Gasteiger partial charge is 0.389 e. The highest BCUT2D eigenvalue weighted by Gasteiger charge is 2.54. The minimum absolute atomic E-state index is 0.149. The Morgan fingerprint density at radius 1 is 1.45 bits per heavy atom. The van der Waals surface area contributed by atoms with Crippen LogP contribution in [0.4, 0.5) is 0 Å². The van der Waals surface area contributed by atoms with E-state index in [1.807, 2.05) is 6.92 Å². The van der Waals surface area contributed by atoms with Gasteiger partial charge in [0.25, 0.3) is 0 Å². The molecule has 0 aromatic carbocycles. The highest BCUT2D eigenvalue weighted by Crippen LogP contribution is 2.62. The van der Waals surface area contributed by atoms with Gasteiger partial charge in [0.05, 0.1) is 11.7 Å². The van der Waals surface area contributed by atoms with E-state index in [-0.39, 0.29) is 16.9 Å². The number of hydrogen-bond donors (Lipinski definition) is 2. The maximum Gasteiger partial charge on any atom is 0.0797 e. The Labute approximate surface area is 136 Å². The quantitative estimate of drug-likeness (QED) is 0.752. The van der Waals surface area contributed by atoms with Gasteiger partial charge in [-0.2, -0.15) is 0 Å². The van der Waals surface area contributed by atoms with Gasteiger partial charge >= 0.3 is 0 Å². The number of rotatable bonds is 4. The Morgan fingerprint density at radius 3 is 2.68 bits per heavy atom. The van der Waals surface area contributed by atoms with Gasteiger partial charge in [0.15, 0.2) is 0 Å². The summed E-state index contributed by atoms with van der Waals surface area (Å²) < 4.78 is 0. The molecule has 2 rings (SSSR count). The van der Waals surface area contributed by atoms with E-state index in [4.69, 9.17) is 0 Å². The number of fused-ring (bicyclic) bond motifs is 1. The van der Waals surface area contributed by atoms with Crippen LogP contribution in [0.15, 0.2) is 24.3 Å². The van der Waals surface area contributed by atoms with Crippen LogP contribution >= 0.6 is 0 Å². The van der Waals surface area contributed by atoms with E-state index in [9.17, 15) is 10.2 Å². The second-order valence-corrected chi connectivity index (χ2v) is 8.63. The molecule has 22 heavy (non-hydrogen) atoms. The molecule has 126 valence electrons. The Bertz CT molecular complexity index is 464. The summed E-state index contributed by atoms with van der Waals surface area (Å²) in [5, 5.41) is 20.6. The molecule has 0 saturated heterocycles. The van der Waals surface area contributed by atoms with Gasteiger partial charge in [-0.05, 0) is 68.6 Å². The summed E-state index contributed by atoms with van der Waals surface area (Å²) in [6, 6.07) is 0. The van der Waals surface area contributed by atoms with Crippen LogP contribution in [-0.2, 0) is 0 Å². The lowest BCUT2D eigenvalue weighted by Gasteiger charge is -2.59. The molecule has 1 fully saturated rings. The first-order valence-corrected chi connectivity index (χ1v) is 8.78. The van der Waals surface area contributed by atoms with Crippen molar-refractivity contribution in [2.75, 3.05) is 0 Å². The fraction of sp³-hybridized carbons (Fsp3) is 0.800. The third-order valence-electron chi connectivity index (χ3n) is 7.22. The van der Waals surface area contributed by atoms with Gasteiger partial charge in [-0.15, -0.1) is 6.58 Å². The van der Waals surface area contributed by atoms with Crippen LogP contribution in [0.25, 0.3) is 0 Å². The number of hydrogen-bond acceptors (Lipinski definition) is 2. The summed E-state index contributed by atoms with van der Waals surface area (Å²) in [6.07, 6.45) is 8.41. The van der Waals surface area contributed by atoms with E-state index in [0.29, 0.717) is 11.8 Å². The van der Waals surface area contributed by atoms with Crippen molar-refractivity contribution >= 4 is 0 Å². The first-order chi connectivity index (χ1) is 10.0. The lowest BCUT2D eigenvalue weighted by Crippen LogP contribution is -2.52. The summed E-state index contributed by atoms with van der Waals surface area (Å²) in [7, 11) is 0. The standard InChI is InChI=1S/C20H34O2/c1-7-18(4,22)10-11-20(6)14(2)8-9-19(5)15(3)12-16(21)13-17(19)20/h7,12,14,16-17,21-22H,1,8-11,13H2,2-6H3. The molecule has 0 aromatic heterocycles. The van der Waals surface area contributed by atoms with Crippen LogP contribution in [-0.4, -0.2) is 21.9 Å². The fourth-order valence-electron chi connectivity index (χ4n) is 4.93. The molecule has 6 unspecified atom stereocenters. The molecule has 1 saturated carbocycles. The fourth-order valence-corrected chi connectivity index (χ4v) is 4.93. The average Bonchev–Trinajstić information content (AvgIpc) is 2.45. The molecule has 0 amide bonds. The van der Waals surface area contributed by atoms with Crippen molar-refractivity contribution in [3.63, 3.8) is 0 Å². The van der Waals surface area contributed by atoms with Crippen molar-refractivity contribution in [2.24, 2.45) is 22.7 Å². The molecule has 0 bridgehead atoms. The predicted molar refractivity (Wildman–Crippen MR) is 92.5 cm³/mol. The van der Waals surface area contributed by atoms with E-state index in [2.05, 4.69) is 40.3 Å². The first-order valence-electron chi connectivity index (χ1n) is 8.78. The second-order valence-electron chi connectivity index (χ2n) is 8.63. The summed E-state index contributed by atoms with van der Waals surface area (Å²) >= 11 is 0. The number of aliphatic hydroxyl groups excluding tert-OH is 1. The zero-order valence-corrected chi connectivity index (χ0v) is 15.0. The summed E-state index contributed by atoms with van der Waals surface area (Å²) in [5.74, 6) is 1.09. The third kappa shape index (κ3) is 2.92. The molecule has 2 aliphatic rings. The van der Waals surface area contributed by atoms with E-state index in [1.165, 1.54) is 18.4 Å². The van der Waals surface area contributed by atoms with Gasteiger partial charge in [0.2, 0.25) is 0 Å². The van der Waals surface area contributed by atoms with Gasteiger partial charge < -0.3 is 10.2 Å². The van der Waals surface area contributed by atoms with Crippen LogP contribution in [0.1, 0.15) is 66.7 Å². The van der Waals surface area contributed by atoms with Crippen LogP contribution in [0.5, 0.6) is 0 Å². The molecule has 0 aromatic rings. The summed E-state index contributed by atoms with van der Waals surface area (Å²) in [5.41, 5.74) is 0.899. The van der Waals surface area contributed by atoms with Gasteiger partial charge in [0, 0.05) is 0 Å². The molecule has 0 radical (unpaired) electrons. The average molecular weight is 306 g/mol. The zero-order chi connectivity index (χ0) is 16.8. The molecule has 2 heteroatoms. The third-order valence-corrected chi connectivity index (χ3v) is 7.22. The van der Waals surface area contributed by atoms with Crippen LogP contribution < -0.4 is 0 Å². The van der Waals surface area contributed by atoms with Gasteiger partial charge in [0.1, 0.15) is 0 Å². The molecule has 0 spiro atoms. The van der Waals surface area contributed by atoms with Gasteiger partial charge in [-0.3, -0.25) is 0 Å². The smallest absolute Gasteiger partial charge is 0.0797 e. The molecular formula is C20H34O2. The molecule has 0 heterocycles. The lowest BCUT2D eigenvalue weighted by molar-refractivity contribution is -0.0740. The Kier molecular flexibility index (Phi) is 4.68. The van der Waals surface area contributed by atoms with E-state index in [1.54, 1.807) is 6.08 Å². The Hall–Kier alpha value is -0.600. The highest BCUT2D eigenvalue weighted by atomic mass is 16.3. The number of allylic oxidation sites excluding steroid dienone is 1. The van der Waals surface area contributed by atoms with E-state index < -0.39 is 5.60 Å². The second kappa shape index (κ2) is 5.79.